The van der Waals surface area contributed by atoms with Gasteiger partial charge in [0.25, 0.3) is 11.8 Å². The number of carbonyl (C=O) groups is 3. The molecule has 0 radical (unpaired) electrons. The Bertz CT molecular complexity index is 1070. The number of amides is 2. The summed E-state index contributed by atoms with van der Waals surface area (Å²) in [7, 11) is 0. The van der Waals surface area contributed by atoms with Crippen LogP contribution < -0.4 is 15.8 Å². The highest BCUT2D eigenvalue weighted by atomic mass is 16.6. The number of benzene rings is 3. The molecule has 0 heterocycles. The Morgan fingerprint density at radius 1 is 0.806 bits per heavy atom. The average molecular weight is 418 g/mol. The molecule has 158 valence electrons. The lowest BCUT2D eigenvalue weighted by atomic mass is 10.0. The van der Waals surface area contributed by atoms with Gasteiger partial charge in [0.15, 0.2) is 13.2 Å². The largest absolute Gasteiger partial charge is 0.481 e. The van der Waals surface area contributed by atoms with Crippen molar-refractivity contribution in [3.8, 4) is 5.75 Å². The molecule has 31 heavy (non-hydrogen) atoms. The molecular formula is C24H22N2O5. The Morgan fingerprint density at radius 2 is 1.48 bits per heavy atom. The highest BCUT2D eigenvalue weighted by molar-refractivity contribution is 5.96. The number of esters is 1. The quantitative estimate of drug-likeness (QED) is 0.520. The van der Waals surface area contributed by atoms with E-state index in [1.54, 1.807) is 18.2 Å². The Kier molecular flexibility index (Phi) is 7.37. The number of nitrogens with two attached hydrogens (primary N) is 1. The van der Waals surface area contributed by atoms with Gasteiger partial charge in [0.2, 0.25) is 0 Å². The maximum atomic E-state index is 12.2. The summed E-state index contributed by atoms with van der Waals surface area (Å²) in [5.74, 6) is -1.71. The van der Waals surface area contributed by atoms with Crippen molar-refractivity contribution in [1.82, 2.24) is 0 Å². The summed E-state index contributed by atoms with van der Waals surface area (Å²) in [4.78, 5) is 35.5. The van der Waals surface area contributed by atoms with Gasteiger partial charge in [-0.15, -0.1) is 0 Å². The zero-order valence-electron chi connectivity index (χ0n) is 16.7. The van der Waals surface area contributed by atoms with Gasteiger partial charge in [-0.1, -0.05) is 60.7 Å². The number of hydrogen-bond donors (Lipinski definition) is 2. The fourth-order valence-electron chi connectivity index (χ4n) is 2.92. The number of primary amides is 1. The van der Waals surface area contributed by atoms with Crippen LogP contribution >= 0.6 is 0 Å². The standard InChI is InChI=1S/C24H22N2O5/c25-24(29)19-11-5-7-13-21(19)30-16-23(28)31-15-22(27)26-20-12-6-4-10-18(20)14-17-8-2-1-3-9-17/h1-13H,14-16H2,(H2,25,29)(H,26,27). The molecule has 7 nitrogen and oxygen atoms in total. The maximum absolute atomic E-state index is 12.2. The number of para-hydroxylation sites is 2. The predicted molar refractivity (Wildman–Crippen MR) is 116 cm³/mol. The number of rotatable bonds is 9. The van der Waals surface area contributed by atoms with E-state index in [2.05, 4.69) is 5.32 Å². The lowest BCUT2D eigenvalue weighted by Crippen LogP contribution is -2.24. The minimum absolute atomic E-state index is 0.156. The smallest absolute Gasteiger partial charge is 0.344 e. The van der Waals surface area contributed by atoms with Crippen LogP contribution in [0.3, 0.4) is 0 Å². The molecule has 3 rings (SSSR count). The van der Waals surface area contributed by atoms with Gasteiger partial charge in [-0.3, -0.25) is 9.59 Å². The van der Waals surface area contributed by atoms with Crippen LogP contribution in [0.15, 0.2) is 78.9 Å². The van der Waals surface area contributed by atoms with Crippen molar-refractivity contribution in [3.05, 3.63) is 95.6 Å². The van der Waals surface area contributed by atoms with Gasteiger partial charge in [-0.05, 0) is 35.7 Å². The second kappa shape index (κ2) is 10.6. The molecule has 3 aromatic rings. The van der Waals surface area contributed by atoms with E-state index >= 15 is 0 Å². The van der Waals surface area contributed by atoms with Crippen LogP contribution in [-0.4, -0.2) is 31.0 Å². The van der Waals surface area contributed by atoms with Gasteiger partial charge in [0.05, 0.1) is 5.56 Å². The third-order valence-electron chi connectivity index (χ3n) is 4.39. The van der Waals surface area contributed by atoms with Crippen molar-refractivity contribution in [1.29, 1.82) is 0 Å². The first-order valence-electron chi connectivity index (χ1n) is 9.62. The van der Waals surface area contributed by atoms with E-state index in [0.29, 0.717) is 12.1 Å². The van der Waals surface area contributed by atoms with E-state index in [4.69, 9.17) is 15.2 Å². The van der Waals surface area contributed by atoms with Crippen molar-refractivity contribution < 1.29 is 23.9 Å². The molecule has 3 N–H and O–H groups in total. The maximum Gasteiger partial charge on any atom is 0.344 e. The highest BCUT2D eigenvalue weighted by Gasteiger charge is 2.13. The molecule has 0 aliphatic heterocycles. The molecule has 0 aliphatic rings. The van der Waals surface area contributed by atoms with Gasteiger partial charge < -0.3 is 20.5 Å². The van der Waals surface area contributed by atoms with Gasteiger partial charge in [0, 0.05) is 5.69 Å². The van der Waals surface area contributed by atoms with Gasteiger partial charge in [-0.2, -0.15) is 0 Å². The Labute approximate surface area is 179 Å². The topological polar surface area (TPSA) is 108 Å². The minimum Gasteiger partial charge on any atom is -0.481 e. The molecule has 0 saturated heterocycles. The van der Waals surface area contributed by atoms with E-state index in [1.807, 2.05) is 48.5 Å². The molecule has 0 fully saturated rings. The second-order valence-electron chi connectivity index (χ2n) is 6.68. The summed E-state index contributed by atoms with van der Waals surface area (Å²) in [6, 6.07) is 23.6. The molecule has 0 unspecified atom stereocenters. The van der Waals surface area contributed by atoms with Gasteiger partial charge in [0.1, 0.15) is 5.75 Å². The Hall–Kier alpha value is -4.13. The van der Waals surface area contributed by atoms with Crippen LogP contribution in [0.5, 0.6) is 5.75 Å². The number of nitrogens with one attached hydrogen (secondary N) is 1. The first-order valence-corrected chi connectivity index (χ1v) is 9.62. The summed E-state index contributed by atoms with van der Waals surface area (Å²) in [6.45, 7) is -0.915. The van der Waals surface area contributed by atoms with Gasteiger partial charge >= 0.3 is 5.97 Å². The lowest BCUT2D eigenvalue weighted by molar-refractivity contribution is -0.149. The van der Waals surface area contributed by atoms with E-state index < -0.39 is 31.0 Å². The number of hydrogen-bond acceptors (Lipinski definition) is 5. The Balaban J connectivity index is 1.51. The first kappa shape index (κ1) is 21.6. The van der Waals surface area contributed by atoms with Crippen molar-refractivity contribution in [2.45, 2.75) is 6.42 Å². The molecule has 0 spiro atoms. The van der Waals surface area contributed by atoms with Crippen LogP contribution in [0, 0.1) is 0 Å². The molecule has 7 heteroatoms. The third kappa shape index (κ3) is 6.43. The van der Waals surface area contributed by atoms with Crippen molar-refractivity contribution in [3.63, 3.8) is 0 Å². The molecule has 0 atom stereocenters. The molecule has 0 saturated carbocycles. The number of anilines is 1. The van der Waals surface area contributed by atoms with Crippen LogP contribution in [0.4, 0.5) is 5.69 Å². The normalized spacial score (nSPS) is 10.2. The molecule has 0 aliphatic carbocycles. The molecule has 2 amide bonds. The van der Waals surface area contributed by atoms with E-state index in [1.165, 1.54) is 12.1 Å². The zero-order chi connectivity index (χ0) is 22.1. The van der Waals surface area contributed by atoms with Crippen molar-refractivity contribution in [2.75, 3.05) is 18.5 Å². The summed E-state index contributed by atoms with van der Waals surface area (Å²) in [5, 5.41) is 2.77. The zero-order valence-corrected chi connectivity index (χ0v) is 16.7. The van der Waals surface area contributed by atoms with Crippen LogP contribution in [0.1, 0.15) is 21.5 Å². The molecule has 0 aromatic heterocycles. The SMILES string of the molecule is NC(=O)c1ccccc1OCC(=O)OCC(=O)Nc1ccccc1Cc1ccccc1. The summed E-state index contributed by atoms with van der Waals surface area (Å²) in [5.41, 5.74) is 8.13. The minimum atomic E-state index is -0.744. The monoisotopic (exact) mass is 418 g/mol. The molecule has 0 bridgehead atoms. The second-order valence-corrected chi connectivity index (χ2v) is 6.68. The highest BCUT2D eigenvalue weighted by Crippen LogP contribution is 2.19. The Morgan fingerprint density at radius 3 is 2.26 bits per heavy atom. The summed E-state index contributed by atoms with van der Waals surface area (Å²) < 4.78 is 10.3. The first-order chi connectivity index (χ1) is 15.0. The lowest BCUT2D eigenvalue weighted by Gasteiger charge is -2.12. The van der Waals surface area contributed by atoms with E-state index in [9.17, 15) is 14.4 Å². The van der Waals surface area contributed by atoms with E-state index in [0.717, 1.165) is 11.1 Å². The fraction of sp³-hybridized carbons (Fsp3) is 0.125. The van der Waals surface area contributed by atoms with E-state index in [-0.39, 0.29) is 11.3 Å². The number of ether oxygens (including phenoxy) is 2. The molecular weight excluding hydrogens is 396 g/mol. The average Bonchev–Trinajstić information content (AvgIpc) is 2.78. The van der Waals surface area contributed by atoms with Gasteiger partial charge in [-0.25, -0.2) is 4.79 Å². The van der Waals surface area contributed by atoms with Crippen LogP contribution in [-0.2, 0) is 20.7 Å². The summed E-state index contributed by atoms with van der Waals surface area (Å²) in [6.07, 6.45) is 0.657. The van der Waals surface area contributed by atoms with Crippen LogP contribution in [0.25, 0.3) is 0 Å². The predicted octanol–water partition coefficient (Wildman–Crippen LogP) is 2.94. The summed E-state index contributed by atoms with van der Waals surface area (Å²) >= 11 is 0. The van der Waals surface area contributed by atoms with Crippen molar-refractivity contribution in [2.24, 2.45) is 5.73 Å². The van der Waals surface area contributed by atoms with Crippen LogP contribution in [0.2, 0.25) is 0 Å². The molecule has 3 aromatic carbocycles. The number of carbonyl (C=O) groups excluding carboxylic acids is 3. The fourth-order valence-corrected chi connectivity index (χ4v) is 2.92. The van der Waals surface area contributed by atoms with Crippen molar-refractivity contribution >= 4 is 23.5 Å². The third-order valence-corrected chi connectivity index (χ3v) is 4.39.